The lowest BCUT2D eigenvalue weighted by molar-refractivity contribution is 0.408. The molecule has 0 saturated carbocycles. The Balaban J connectivity index is 2.05. The Morgan fingerprint density at radius 2 is 1.53 bits per heavy atom. The first-order valence-corrected chi connectivity index (χ1v) is 5.88. The fourth-order valence-electron chi connectivity index (χ4n) is 2.03. The molecule has 2 unspecified atom stereocenters. The molecule has 2 atom stereocenters. The molecule has 0 aromatic carbocycles. The van der Waals surface area contributed by atoms with Crippen molar-refractivity contribution in [2.75, 3.05) is 0 Å². The van der Waals surface area contributed by atoms with E-state index in [0.717, 1.165) is 0 Å². The van der Waals surface area contributed by atoms with Crippen LogP contribution in [0.15, 0.2) is 84.1 Å². The highest BCUT2D eigenvalue weighted by molar-refractivity contribution is 5.51. The zero-order chi connectivity index (χ0) is 11.5. The van der Waals surface area contributed by atoms with Gasteiger partial charge >= 0.3 is 0 Å². The molecule has 1 heterocycles. The van der Waals surface area contributed by atoms with E-state index in [-0.39, 0.29) is 12.2 Å². The number of hydrogen-bond acceptors (Lipinski definition) is 1. The SMILES string of the molecule is C1=C\C=C/C2=C/C=C\C=C/C3OC3\C2=C\C=C/1. The van der Waals surface area contributed by atoms with Crippen LogP contribution in [0, 0.1) is 0 Å². The second-order valence-electron chi connectivity index (χ2n) is 4.16. The highest BCUT2D eigenvalue weighted by Gasteiger charge is 2.40. The second kappa shape index (κ2) is 4.56. The number of rotatable bonds is 0. The maximum Gasteiger partial charge on any atom is 0.114 e. The van der Waals surface area contributed by atoms with E-state index in [1.165, 1.54) is 11.1 Å². The molecule has 1 aliphatic heterocycles. The van der Waals surface area contributed by atoms with Crippen LogP contribution in [0.2, 0.25) is 0 Å². The van der Waals surface area contributed by atoms with Crippen LogP contribution in [0.1, 0.15) is 0 Å². The number of epoxide rings is 1. The first-order valence-electron chi connectivity index (χ1n) is 5.88. The minimum Gasteiger partial charge on any atom is -0.360 e. The molecule has 0 radical (unpaired) electrons. The summed E-state index contributed by atoms with van der Waals surface area (Å²) in [6, 6.07) is 0. The van der Waals surface area contributed by atoms with Gasteiger partial charge in [-0.25, -0.2) is 0 Å². The van der Waals surface area contributed by atoms with Gasteiger partial charge in [0, 0.05) is 0 Å². The summed E-state index contributed by atoms with van der Waals surface area (Å²) in [6.45, 7) is 0. The molecule has 0 amide bonds. The molecule has 3 aliphatic rings. The van der Waals surface area contributed by atoms with Crippen LogP contribution < -0.4 is 0 Å². The largest absolute Gasteiger partial charge is 0.360 e. The second-order valence-corrected chi connectivity index (χ2v) is 4.16. The first kappa shape index (κ1) is 10.3. The van der Waals surface area contributed by atoms with Crippen LogP contribution in [0.5, 0.6) is 0 Å². The molecule has 3 rings (SSSR count). The molecule has 17 heavy (non-hydrogen) atoms. The van der Waals surface area contributed by atoms with Gasteiger partial charge in [0.25, 0.3) is 0 Å². The molecule has 84 valence electrons. The lowest BCUT2D eigenvalue weighted by Gasteiger charge is -2.03. The third kappa shape index (κ3) is 2.29. The average Bonchev–Trinajstić information content (AvgIpc) is 3.06. The zero-order valence-corrected chi connectivity index (χ0v) is 9.49. The van der Waals surface area contributed by atoms with Crippen molar-refractivity contribution in [3.63, 3.8) is 0 Å². The van der Waals surface area contributed by atoms with Gasteiger partial charge in [-0.2, -0.15) is 0 Å². The van der Waals surface area contributed by atoms with E-state index in [2.05, 4.69) is 42.5 Å². The Morgan fingerprint density at radius 1 is 0.765 bits per heavy atom. The number of ether oxygens (including phenoxy) is 1. The van der Waals surface area contributed by atoms with Gasteiger partial charge in [-0.15, -0.1) is 0 Å². The van der Waals surface area contributed by atoms with Crippen LogP contribution in [0.25, 0.3) is 0 Å². The van der Waals surface area contributed by atoms with Crippen LogP contribution in [0.3, 0.4) is 0 Å². The van der Waals surface area contributed by atoms with Gasteiger partial charge in [-0.05, 0) is 11.1 Å². The lowest BCUT2D eigenvalue weighted by Crippen LogP contribution is -1.98. The van der Waals surface area contributed by atoms with Crippen LogP contribution in [0.4, 0.5) is 0 Å². The molecule has 1 nitrogen and oxygen atoms in total. The van der Waals surface area contributed by atoms with Crippen LogP contribution in [-0.4, -0.2) is 12.2 Å². The molecule has 0 aromatic heterocycles. The van der Waals surface area contributed by atoms with Gasteiger partial charge in [0.05, 0.1) is 0 Å². The van der Waals surface area contributed by atoms with Crippen LogP contribution in [-0.2, 0) is 4.74 Å². The maximum absolute atomic E-state index is 5.68. The van der Waals surface area contributed by atoms with E-state index in [1.807, 2.05) is 30.4 Å². The first-order chi connectivity index (χ1) is 8.45. The van der Waals surface area contributed by atoms with Gasteiger partial charge in [0.1, 0.15) is 12.2 Å². The molecule has 0 spiro atoms. The van der Waals surface area contributed by atoms with Crippen molar-refractivity contribution < 1.29 is 4.74 Å². The van der Waals surface area contributed by atoms with Gasteiger partial charge in [0.15, 0.2) is 0 Å². The maximum atomic E-state index is 5.68. The Bertz CT molecular complexity index is 510. The minimum atomic E-state index is 0.213. The van der Waals surface area contributed by atoms with E-state index in [1.54, 1.807) is 0 Å². The van der Waals surface area contributed by atoms with Crippen LogP contribution >= 0.6 is 0 Å². The normalized spacial score (nSPS) is 45.2. The van der Waals surface area contributed by atoms with Gasteiger partial charge in [0.2, 0.25) is 0 Å². The third-order valence-electron chi connectivity index (χ3n) is 2.96. The smallest absolute Gasteiger partial charge is 0.114 e. The molecule has 1 fully saturated rings. The zero-order valence-electron chi connectivity index (χ0n) is 9.49. The summed E-state index contributed by atoms with van der Waals surface area (Å²) >= 11 is 0. The fourth-order valence-corrected chi connectivity index (χ4v) is 2.03. The number of fused-ring (bicyclic) bond motifs is 3. The van der Waals surface area contributed by atoms with Gasteiger partial charge in [-0.3, -0.25) is 0 Å². The fraction of sp³-hybridized carbons (Fsp3) is 0.125. The van der Waals surface area contributed by atoms with Crippen molar-refractivity contribution in [3.05, 3.63) is 84.1 Å². The summed E-state index contributed by atoms with van der Waals surface area (Å²) in [5, 5.41) is 0. The topological polar surface area (TPSA) is 12.5 Å². The monoisotopic (exact) mass is 222 g/mol. The van der Waals surface area contributed by atoms with E-state index in [4.69, 9.17) is 4.74 Å². The number of hydrogen-bond donors (Lipinski definition) is 0. The van der Waals surface area contributed by atoms with Gasteiger partial charge in [-0.1, -0.05) is 72.9 Å². The van der Waals surface area contributed by atoms with Crippen molar-refractivity contribution in [1.82, 2.24) is 0 Å². The summed E-state index contributed by atoms with van der Waals surface area (Å²) in [5.41, 5.74) is 2.47. The number of allylic oxidation sites excluding steroid dienone is 11. The van der Waals surface area contributed by atoms with Gasteiger partial charge < -0.3 is 4.74 Å². The predicted molar refractivity (Wildman–Crippen MR) is 70.5 cm³/mol. The Hall–Kier alpha value is -1.86. The molecule has 0 N–H and O–H groups in total. The molecular formula is C16H14O. The molecular weight excluding hydrogens is 208 g/mol. The summed E-state index contributed by atoms with van der Waals surface area (Å²) in [4.78, 5) is 0. The van der Waals surface area contributed by atoms with E-state index in [0.29, 0.717) is 0 Å². The van der Waals surface area contributed by atoms with E-state index in [9.17, 15) is 0 Å². The Labute approximate surface area is 101 Å². The standard InChI is InChI=1S/C16H14O/c1-2-5-9-13-10-6-4-8-12-15-16(17-15)14(13)11-7-3-1/h1-12,15-16H/b2-1-,6-4-,7-3-,9-5-,12-8-,13-10-,14-11+. The van der Waals surface area contributed by atoms with Crippen molar-refractivity contribution in [2.24, 2.45) is 0 Å². The molecule has 1 saturated heterocycles. The Morgan fingerprint density at radius 3 is 2.53 bits per heavy atom. The lowest BCUT2D eigenvalue weighted by atomic mass is 9.99. The molecule has 2 aliphatic carbocycles. The quantitative estimate of drug-likeness (QED) is 0.572. The predicted octanol–water partition coefficient (Wildman–Crippen LogP) is 3.41. The summed E-state index contributed by atoms with van der Waals surface area (Å²) in [6.07, 6.45) is 25.3. The Kier molecular flexibility index (Phi) is 2.76. The summed E-state index contributed by atoms with van der Waals surface area (Å²) in [5.74, 6) is 0. The van der Waals surface area contributed by atoms with Crippen molar-refractivity contribution >= 4 is 0 Å². The van der Waals surface area contributed by atoms with Crippen molar-refractivity contribution in [2.45, 2.75) is 12.2 Å². The van der Waals surface area contributed by atoms with Crippen molar-refractivity contribution in [3.8, 4) is 0 Å². The molecule has 0 aromatic rings. The summed E-state index contributed by atoms with van der Waals surface area (Å²) in [7, 11) is 0. The minimum absolute atomic E-state index is 0.213. The van der Waals surface area contributed by atoms with Crippen molar-refractivity contribution in [1.29, 1.82) is 0 Å². The average molecular weight is 222 g/mol. The van der Waals surface area contributed by atoms with E-state index < -0.39 is 0 Å². The summed E-state index contributed by atoms with van der Waals surface area (Å²) < 4.78 is 5.68. The molecule has 1 heteroatoms. The third-order valence-corrected chi connectivity index (χ3v) is 2.96. The molecule has 0 bridgehead atoms. The highest BCUT2D eigenvalue weighted by Crippen LogP contribution is 2.35. The highest BCUT2D eigenvalue weighted by atomic mass is 16.6. The van der Waals surface area contributed by atoms with E-state index >= 15 is 0 Å².